The van der Waals surface area contributed by atoms with Crippen molar-refractivity contribution in [2.75, 3.05) is 5.32 Å². The summed E-state index contributed by atoms with van der Waals surface area (Å²) in [7, 11) is 0. The standard InChI is InChI=1S/C9H7BrClN5/c10-7-8(11)15-5-16-9(7)13-3-6-1-2-12-4-14-6/h1-2,4-5H,3H2,(H,13,15,16). The van der Waals surface area contributed by atoms with Crippen molar-refractivity contribution in [3.8, 4) is 0 Å². The van der Waals surface area contributed by atoms with E-state index in [2.05, 4.69) is 41.2 Å². The van der Waals surface area contributed by atoms with Crippen LogP contribution in [-0.2, 0) is 6.54 Å². The van der Waals surface area contributed by atoms with Crippen molar-refractivity contribution in [1.29, 1.82) is 0 Å². The lowest BCUT2D eigenvalue weighted by molar-refractivity contribution is 0.988. The van der Waals surface area contributed by atoms with Crippen LogP contribution in [0.2, 0.25) is 5.15 Å². The van der Waals surface area contributed by atoms with Crippen LogP contribution in [0.15, 0.2) is 29.4 Å². The predicted octanol–water partition coefficient (Wildman–Crippen LogP) is 2.29. The first-order valence-corrected chi connectivity index (χ1v) is 5.59. The Morgan fingerprint density at radius 1 is 1.25 bits per heavy atom. The van der Waals surface area contributed by atoms with E-state index in [4.69, 9.17) is 11.6 Å². The highest BCUT2D eigenvalue weighted by molar-refractivity contribution is 9.10. The molecule has 2 aromatic heterocycles. The number of hydrogen-bond donors (Lipinski definition) is 1. The van der Waals surface area contributed by atoms with Gasteiger partial charge in [0.15, 0.2) is 0 Å². The van der Waals surface area contributed by atoms with Gasteiger partial charge in [0.1, 0.15) is 23.6 Å². The average Bonchev–Trinajstić information content (AvgIpc) is 2.32. The minimum Gasteiger partial charge on any atom is -0.363 e. The molecule has 0 amide bonds. The Kier molecular flexibility index (Phi) is 3.63. The van der Waals surface area contributed by atoms with Crippen molar-refractivity contribution in [2.24, 2.45) is 0 Å². The van der Waals surface area contributed by atoms with Crippen molar-refractivity contribution in [2.45, 2.75) is 6.54 Å². The Morgan fingerprint density at radius 2 is 2.12 bits per heavy atom. The van der Waals surface area contributed by atoms with Gasteiger partial charge in [0.05, 0.1) is 16.7 Å². The van der Waals surface area contributed by atoms with Crippen LogP contribution in [0.4, 0.5) is 5.82 Å². The molecule has 0 aliphatic carbocycles. The molecule has 1 N–H and O–H groups in total. The molecule has 82 valence electrons. The lowest BCUT2D eigenvalue weighted by Gasteiger charge is -2.06. The number of rotatable bonds is 3. The molecule has 2 rings (SSSR count). The summed E-state index contributed by atoms with van der Waals surface area (Å²) < 4.78 is 0.644. The van der Waals surface area contributed by atoms with E-state index in [9.17, 15) is 0 Å². The van der Waals surface area contributed by atoms with Crippen molar-refractivity contribution in [3.63, 3.8) is 0 Å². The van der Waals surface area contributed by atoms with Crippen LogP contribution in [0.1, 0.15) is 5.69 Å². The van der Waals surface area contributed by atoms with Crippen LogP contribution in [0.3, 0.4) is 0 Å². The summed E-state index contributed by atoms with van der Waals surface area (Å²) in [5.41, 5.74) is 0.872. The fourth-order valence-corrected chi connectivity index (χ4v) is 1.55. The lowest BCUT2D eigenvalue weighted by atomic mass is 10.4. The first kappa shape index (κ1) is 11.2. The highest BCUT2D eigenvalue weighted by atomic mass is 79.9. The number of nitrogens with one attached hydrogen (secondary N) is 1. The molecule has 0 atom stereocenters. The SMILES string of the molecule is Clc1ncnc(NCc2ccncn2)c1Br. The molecule has 0 spiro atoms. The molecule has 5 nitrogen and oxygen atoms in total. The van der Waals surface area contributed by atoms with Crippen LogP contribution in [-0.4, -0.2) is 19.9 Å². The molecule has 16 heavy (non-hydrogen) atoms. The van der Waals surface area contributed by atoms with E-state index >= 15 is 0 Å². The van der Waals surface area contributed by atoms with E-state index in [1.807, 2.05) is 6.07 Å². The summed E-state index contributed by atoms with van der Waals surface area (Å²) in [5, 5.41) is 3.47. The van der Waals surface area contributed by atoms with Gasteiger partial charge in [0, 0.05) is 6.20 Å². The minimum absolute atomic E-state index is 0.375. The fraction of sp³-hybridized carbons (Fsp3) is 0.111. The third-order valence-electron chi connectivity index (χ3n) is 1.83. The van der Waals surface area contributed by atoms with E-state index in [1.54, 1.807) is 6.20 Å². The maximum absolute atomic E-state index is 5.83. The van der Waals surface area contributed by atoms with E-state index in [0.717, 1.165) is 5.69 Å². The van der Waals surface area contributed by atoms with Gasteiger partial charge < -0.3 is 5.32 Å². The molecule has 0 unspecified atom stereocenters. The zero-order valence-corrected chi connectivity index (χ0v) is 10.4. The summed E-state index contributed by atoms with van der Waals surface area (Å²) in [5.74, 6) is 0.638. The van der Waals surface area contributed by atoms with E-state index in [-0.39, 0.29) is 0 Å². The van der Waals surface area contributed by atoms with Gasteiger partial charge in [0.25, 0.3) is 0 Å². The summed E-state index contributed by atoms with van der Waals surface area (Å²) in [6, 6.07) is 1.82. The first-order chi connectivity index (χ1) is 7.77. The molecule has 0 saturated carbocycles. The second kappa shape index (κ2) is 5.18. The Morgan fingerprint density at radius 3 is 2.88 bits per heavy atom. The molecule has 0 fully saturated rings. The smallest absolute Gasteiger partial charge is 0.148 e. The second-order valence-corrected chi connectivity index (χ2v) is 4.03. The molecule has 0 radical (unpaired) electrons. The summed E-state index contributed by atoms with van der Waals surface area (Å²) in [6.07, 6.45) is 4.58. The van der Waals surface area contributed by atoms with Gasteiger partial charge in [-0.1, -0.05) is 11.6 Å². The summed E-state index contributed by atoms with van der Waals surface area (Å²) in [6.45, 7) is 0.550. The van der Waals surface area contributed by atoms with Crippen LogP contribution in [0, 0.1) is 0 Å². The maximum atomic E-state index is 5.83. The molecule has 0 saturated heterocycles. The van der Waals surface area contributed by atoms with E-state index in [1.165, 1.54) is 12.7 Å². The van der Waals surface area contributed by atoms with Crippen molar-refractivity contribution in [3.05, 3.63) is 40.2 Å². The number of halogens is 2. The number of nitrogens with zero attached hydrogens (tertiary/aromatic N) is 4. The van der Waals surface area contributed by atoms with Crippen molar-refractivity contribution in [1.82, 2.24) is 19.9 Å². The summed E-state index contributed by atoms with van der Waals surface area (Å²) >= 11 is 9.13. The molecular formula is C9H7BrClN5. The maximum Gasteiger partial charge on any atom is 0.148 e. The van der Waals surface area contributed by atoms with E-state index in [0.29, 0.717) is 22.0 Å². The Balaban J connectivity index is 2.08. The van der Waals surface area contributed by atoms with Crippen LogP contribution in [0.25, 0.3) is 0 Å². The number of hydrogen-bond acceptors (Lipinski definition) is 5. The van der Waals surface area contributed by atoms with Gasteiger partial charge in [-0.3, -0.25) is 0 Å². The third-order valence-corrected chi connectivity index (χ3v) is 3.09. The van der Waals surface area contributed by atoms with Gasteiger partial charge in [-0.25, -0.2) is 19.9 Å². The molecule has 2 heterocycles. The molecule has 7 heteroatoms. The predicted molar refractivity (Wildman–Crippen MR) is 64.1 cm³/mol. The number of aromatic nitrogens is 4. The highest BCUT2D eigenvalue weighted by Crippen LogP contribution is 2.26. The highest BCUT2D eigenvalue weighted by Gasteiger charge is 2.05. The Hall–Kier alpha value is -1.27. The largest absolute Gasteiger partial charge is 0.363 e. The first-order valence-electron chi connectivity index (χ1n) is 4.42. The number of anilines is 1. The van der Waals surface area contributed by atoms with Gasteiger partial charge in [-0.2, -0.15) is 0 Å². The van der Waals surface area contributed by atoms with Gasteiger partial charge in [-0.05, 0) is 22.0 Å². The van der Waals surface area contributed by atoms with Crippen LogP contribution >= 0.6 is 27.5 Å². The van der Waals surface area contributed by atoms with E-state index < -0.39 is 0 Å². The quantitative estimate of drug-likeness (QED) is 0.881. The van der Waals surface area contributed by atoms with Crippen molar-refractivity contribution >= 4 is 33.3 Å². The molecule has 2 aromatic rings. The lowest BCUT2D eigenvalue weighted by Crippen LogP contribution is -2.04. The van der Waals surface area contributed by atoms with Crippen molar-refractivity contribution < 1.29 is 0 Å². The molecular weight excluding hydrogens is 293 g/mol. The summed E-state index contributed by atoms with van der Waals surface area (Å²) in [4.78, 5) is 15.8. The molecule has 0 bridgehead atoms. The van der Waals surface area contributed by atoms with Crippen LogP contribution in [0.5, 0.6) is 0 Å². The normalized spacial score (nSPS) is 10.1. The van der Waals surface area contributed by atoms with Gasteiger partial charge in [0.2, 0.25) is 0 Å². The van der Waals surface area contributed by atoms with Crippen LogP contribution < -0.4 is 5.32 Å². The molecule has 0 aliphatic heterocycles. The Labute approximate surface area is 105 Å². The van der Waals surface area contributed by atoms with Gasteiger partial charge >= 0.3 is 0 Å². The topological polar surface area (TPSA) is 63.6 Å². The second-order valence-electron chi connectivity index (χ2n) is 2.88. The molecule has 0 aromatic carbocycles. The zero-order chi connectivity index (χ0) is 11.4. The monoisotopic (exact) mass is 299 g/mol. The fourth-order valence-electron chi connectivity index (χ4n) is 1.07. The average molecular weight is 301 g/mol. The molecule has 0 aliphatic rings. The van der Waals surface area contributed by atoms with Gasteiger partial charge in [-0.15, -0.1) is 0 Å². The third kappa shape index (κ3) is 2.65. The zero-order valence-electron chi connectivity index (χ0n) is 8.06. The minimum atomic E-state index is 0.375. The Bertz CT molecular complexity index is 479.